The van der Waals surface area contributed by atoms with Crippen molar-refractivity contribution in [3.05, 3.63) is 81.8 Å². The molecule has 0 unspecified atom stereocenters. The quantitative estimate of drug-likeness (QED) is 0.795. The van der Waals surface area contributed by atoms with E-state index in [0.717, 1.165) is 12.1 Å². The molecule has 128 valence electrons. The first-order valence-electron chi connectivity index (χ1n) is 7.50. The number of nitrogens with zero attached hydrogens (tertiary/aromatic N) is 2. The molecule has 0 spiro atoms. The van der Waals surface area contributed by atoms with Gasteiger partial charge in [0.2, 0.25) is 0 Å². The maximum absolute atomic E-state index is 13.3. The molecule has 0 radical (unpaired) electrons. The van der Waals surface area contributed by atoms with Gasteiger partial charge in [0.25, 0.3) is 11.5 Å². The Balaban J connectivity index is 2.01. The predicted octanol–water partition coefficient (Wildman–Crippen LogP) is 3.01. The molecule has 7 heteroatoms. The second-order valence-corrected chi connectivity index (χ2v) is 5.55. The lowest BCUT2D eigenvalue weighted by Gasteiger charge is -2.07. The largest absolute Gasteiger partial charge is 0.316 e. The zero-order chi connectivity index (χ0) is 18.1. The number of nitrogens with one attached hydrogen (secondary N) is 1. The molecule has 0 saturated carbocycles. The molecule has 3 aromatic rings. The molecule has 0 aliphatic heterocycles. The number of para-hydroxylation sites is 1. The zero-order valence-electron chi connectivity index (χ0n) is 13.6. The van der Waals surface area contributed by atoms with Crippen molar-refractivity contribution in [2.45, 2.75) is 6.92 Å². The average molecular weight is 343 g/mol. The van der Waals surface area contributed by atoms with E-state index in [0.29, 0.717) is 17.4 Å². The van der Waals surface area contributed by atoms with E-state index in [4.69, 9.17) is 0 Å². The average Bonchev–Trinajstić information content (AvgIpc) is 2.78. The highest BCUT2D eigenvalue weighted by Gasteiger charge is 2.19. The van der Waals surface area contributed by atoms with Crippen LogP contribution < -0.4 is 10.9 Å². The van der Waals surface area contributed by atoms with Gasteiger partial charge in [-0.3, -0.25) is 14.3 Å². The van der Waals surface area contributed by atoms with Gasteiger partial charge in [0.1, 0.15) is 17.3 Å². The molecule has 25 heavy (non-hydrogen) atoms. The normalized spacial score (nSPS) is 10.7. The zero-order valence-corrected chi connectivity index (χ0v) is 13.6. The van der Waals surface area contributed by atoms with Gasteiger partial charge in [-0.1, -0.05) is 18.2 Å². The number of carbonyl (C=O) groups is 1. The van der Waals surface area contributed by atoms with E-state index in [2.05, 4.69) is 5.32 Å². The SMILES string of the molecule is Cc1c(NC(=O)c2cc(F)cc(F)c2)c(=O)n(-c2ccccc2)n1C. The highest BCUT2D eigenvalue weighted by Crippen LogP contribution is 2.16. The number of rotatable bonds is 3. The maximum atomic E-state index is 13.3. The van der Waals surface area contributed by atoms with Gasteiger partial charge in [0.05, 0.1) is 11.4 Å². The molecular formula is C18H15F2N3O2. The van der Waals surface area contributed by atoms with Crippen molar-refractivity contribution in [3.8, 4) is 5.69 Å². The van der Waals surface area contributed by atoms with Crippen LogP contribution in [0.2, 0.25) is 0 Å². The van der Waals surface area contributed by atoms with Crippen molar-refractivity contribution in [1.29, 1.82) is 0 Å². The van der Waals surface area contributed by atoms with Crippen molar-refractivity contribution in [2.75, 3.05) is 5.32 Å². The lowest BCUT2D eigenvalue weighted by atomic mass is 10.2. The fourth-order valence-electron chi connectivity index (χ4n) is 2.58. The number of amides is 1. The highest BCUT2D eigenvalue weighted by atomic mass is 19.1. The van der Waals surface area contributed by atoms with Crippen LogP contribution >= 0.6 is 0 Å². The van der Waals surface area contributed by atoms with E-state index >= 15 is 0 Å². The number of anilines is 1. The van der Waals surface area contributed by atoms with Gasteiger partial charge in [-0.05, 0) is 31.2 Å². The minimum Gasteiger partial charge on any atom is -0.316 e. The van der Waals surface area contributed by atoms with E-state index in [-0.39, 0.29) is 11.3 Å². The van der Waals surface area contributed by atoms with Crippen molar-refractivity contribution in [3.63, 3.8) is 0 Å². The Labute approximate surface area is 142 Å². The van der Waals surface area contributed by atoms with Gasteiger partial charge in [0.15, 0.2) is 0 Å². The van der Waals surface area contributed by atoms with Gasteiger partial charge in [-0.15, -0.1) is 0 Å². The second kappa shape index (κ2) is 6.35. The summed E-state index contributed by atoms with van der Waals surface area (Å²) in [5.41, 5.74) is 0.568. The summed E-state index contributed by atoms with van der Waals surface area (Å²) < 4.78 is 29.6. The van der Waals surface area contributed by atoms with Gasteiger partial charge >= 0.3 is 0 Å². The maximum Gasteiger partial charge on any atom is 0.295 e. The van der Waals surface area contributed by atoms with Gasteiger partial charge < -0.3 is 5.32 Å². The third-order valence-electron chi connectivity index (χ3n) is 3.92. The number of benzene rings is 2. The summed E-state index contributed by atoms with van der Waals surface area (Å²) >= 11 is 0. The standard InChI is InChI=1S/C18H15F2N3O2/c1-11-16(21-17(24)12-8-13(19)10-14(20)9-12)18(25)23(22(11)2)15-6-4-3-5-7-15/h3-10H,1-2H3,(H,21,24). The number of halogens is 2. The molecule has 0 aliphatic carbocycles. The molecule has 0 aliphatic rings. The molecule has 1 N–H and O–H groups in total. The molecule has 1 aromatic heterocycles. The Kier molecular flexibility index (Phi) is 4.22. The summed E-state index contributed by atoms with van der Waals surface area (Å²) in [7, 11) is 1.68. The third kappa shape index (κ3) is 3.08. The number of carbonyl (C=O) groups excluding carboxylic acids is 1. The topological polar surface area (TPSA) is 56.0 Å². The summed E-state index contributed by atoms with van der Waals surface area (Å²) in [6, 6.07) is 11.4. The van der Waals surface area contributed by atoms with Crippen LogP contribution in [0.4, 0.5) is 14.5 Å². The monoisotopic (exact) mass is 343 g/mol. The van der Waals surface area contributed by atoms with E-state index in [1.165, 1.54) is 4.68 Å². The minimum absolute atomic E-state index is 0.0565. The van der Waals surface area contributed by atoms with Crippen LogP contribution in [0.15, 0.2) is 53.3 Å². The fourth-order valence-corrected chi connectivity index (χ4v) is 2.58. The van der Waals surface area contributed by atoms with Crippen molar-refractivity contribution < 1.29 is 13.6 Å². The Morgan fingerprint density at radius 3 is 2.24 bits per heavy atom. The van der Waals surface area contributed by atoms with Crippen LogP contribution in [0, 0.1) is 18.6 Å². The second-order valence-electron chi connectivity index (χ2n) is 5.55. The molecule has 0 saturated heterocycles. The van der Waals surface area contributed by atoms with Crippen LogP contribution in [0.1, 0.15) is 16.1 Å². The Morgan fingerprint density at radius 1 is 1.04 bits per heavy atom. The molecular weight excluding hydrogens is 328 g/mol. The lowest BCUT2D eigenvalue weighted by molar-refractivity contribution is 0.102. The summed E-state index contributed by atoms with van der Waals surface area (Å²) in [5.74, 6) is -2.49. The first-order valence-corrected chi connectivity index (χ1v) is 7.50. The van der Waals surface area contributed by atoms with Crippen LogP contribution in [0.5, 0.6) is 0 Å². The first-order chi connectivity index (χ1) is 11.9. The van der Waals surface area contributed by atoms with Gasteiger partial charge in [0, 0.05) is 18.7 Å². The van der Waals surface area contributed by atoms with E-state index < -0.39 is 23.1 Å². The molecule has 1 amide bonds. The predicted molar refractivity (Wildman–Crippen MR) is 90.1 cm³/mol. The summed E-state index contributed by atoms with van der Waals surface area (Å²) in [6.45, 7) is 1.67. The van der Waals surface area contributed by atoms with Crippen LogP contribution in [0.3, 0.4) is 0 Å². The number of hydrogen-bond donors (Lipinski definition) is 1. The number of aromatic nitrogens is 2. The van der Waals surface area contributed by atoms with Crippen molar-refractivity contribution >= 4 is 11.6 Å². The third-order valence-corrected chi connectivity index (χ3v) is 3.92. The molecule has 5 nitrogen and oxygen atoms in total. The first kappa shape index (κ1) is 16.6. The fraction of sp³-hybridized carbons (Fsp3) is 0.111. The summed E-state index contributed by atoms with van der Waals surface area (Å²) in [6.07, 6.45) is 0. The van der Waals surface area contributed by atoms with Crippen LogP contribution in [-0.2, 0) is 7.05 Å². The lowest BCUT2D eigenvalue weighted by Crippen LogP contribution is -2.23. The minimum atomic E-state index is -0.864. The molecule has 1 heterocycles. The Bertz CT molecular complexity index is 987. The van der Waals surface area contributed by atoms with Gasteiger partial charge in [-0.25, -0.2) is 13.5 Å². The molecule has 0 bridgehead atoms. The summed E-state index contributed by atoms with van der Waals surface area (Å²) in [4.78, 5) is 25.0. The molecule has 3 rings (SSSR count). The van der Waals surface area contributed by atoms with E-state index in [9.17, 15) is 18.4 Å². The molecule has 2 aromatic carbocycles. The molecule has 0 fully saturated rings. The van der Waals surface area contributed by atoms with Crippen LogP contribution in [0.25, 0.3) is 5.69 Å². The smallest absolute Gasteiger partial charge is 0.295 e. The molecule has 0 atom stereocenters. The van der Waals surface area contributed by atoms with Crippen LogP contribution in [-0.4, -0.2) is 15.3 Å². The van der Waals surface area contributed by atoms with E-state index in [1.807, 2.05) is 6.07 Å². The Hall–Kier alpha value is -3.22. The highest BCUT2D eigenvalue weighted by molar-refractivity contribution is 6.04. The van der Waals surface area contributed by atoms with Crippen molar-refractivity contribution in [2.24, 2.45) is 7.05 Å². The summed E-state index contributed by atoms with van der Waals surface area (Å²) in [5, 5.41) is 2.45. The van der Waals surface area contributed by atoms with E-state index in [1.54, 1.807) is 42.9 Å². The van der Waals surface area contributed by atoms with Crippen molar-refractivity contribution in [1.82, 2.24) is 9.36 Å². The number of hydrogen-bond acceptors (Lipinski definition) is 2. The van der Waals surface area contributed by atoms with Gasteiger partial charge in [-0.2, -0.15) is 0 Å². The Morgan fingerprint density at radius 2 is 1.64 bits per heavy atom.